The van der Waals surface area contributed by atoms with Crippen LogP contribution in [0, 0.1) is 5.82 Å². The molecule has 1 heterocycles. The number of unbranched alkanes of at least 4 members (excludes halogenated alkanes) is 1. The lowest BCUT2D eigenvalue weighted by Crippen LogP contribution is -1.89. The average molecular weight is 283 g/mol. The van der Waals surface area contributed by atoms with E-state index in [-0.39, 0.29) is 5.82 Å². The molecule has 0 saturated carbocycles. The molecule has 0 aliphatic heterocycles. The van der Waals surface area contributed by atoms with Crippen molar-refractivity contribution in [3.63, 3.8) is 0 Å². The largest absolute Gasteiger partial charge is 0.330 e. The number of nitrogens with zero attached hydrogens (tertiary/aromatic N) is 2. The maximum Gasteiger partial charge on any atom is 0.210 e. The van der Waals surface area contributed by atoms with Crippen molar-refractivity contribution in [2.24, 2.45) is 0 Å². The van der Waals surface area contributed by atoms with Crippen LogP contribution in [0.15, 0.2) is 28.6 Å². The van der Waals surface area contributed by atoms with Gasteiger partial charge in [0.05, 0.1) is 0 Å². The van der Waals surface area contributed by atoms with Crippen LogP contribution in [0.5, 0.6) is 0 Å². The molecule has 2 aromatic rings. The minimum atomic E-state index is -0.262. The highest BCUT2D eigenvalue weighted by Crippen LogP contribution is 2.28. The number of nitrogens with one attached hydrogen (secondary N) is 1. The smallest absolute Gasteiger partial charge is 0.210 e. The molecule has 0 aliphatic carbocycles. The Morgan fingerprint density at radius 2 is 2.28 bits per heavy atom. The molecule has 0 unspecified atom stereocenters. The van der Waals surface area contributed by atoms with Crippen LogP contribution in [0.3, 0.4) is 0 Å². The molecule has 3 nitrogen and oxygen atoms in total. The van der Waals surface area contributed by atoms with Crippen LogP contribution < -0.4 is 5.32 Å². The van der Waals surface area contributed by atoms with Gasteiger partial charge in [-0.05, 0) is 24.6 Å². The van der Waals surface area contributed by atoms with E-state index in [0.717, 1.165) is 10.1 Å². The Morgan fingerprint density at radius 1 is 1.39 bits per heavy atom. The first-order chi connectivity index (χ1) is 8.78. The van der Waals surface area contributed by atoms with Crippen molar-refractivity contribution in [1.82, 2.24) is 10.2 Å². The summed E-state index contributed by atoms with van der Waals surface area (Å²) < 4.78 is 14.0. The summed E-state index contributed by atoms with van der Waals surface area (Å²) in [6, 6.07) is 6.31. The lowest BCUT2D eigenvalue weighted by atomic mass is 10.3. The zero-order chi connectivity index (χ0) is 12.8. The molecular weight excluding hydrogens is 269 g/mol. The van der Waals surface area contributed by atoms with E-state index in [4.69, 9.17) is 0 Å². The van der Waals surface area contributed by atoms with Gasteiger partial charge in [0.1, 0.15) is 5.82 Å². The van der Waals surface area contributed by atoms with E-state index in [1.807, 2.05) is 0 Å². The Balaban J connectivity index is 1.94. The highest BCUT2D eigenvalue weighted by Gasteiger charge is 2.05. The van der Waals surface area contributed by atoms with Gasteiger partial charge in [0.15, 0.2) is 4.34 Å². The highest BCUT2D eigenvalue weighted by atomic mass is 32.2. The Bertz CT molecular complexity index is 502. The fourth-order valence-corrected chi connectivity index (χ4v) is 3.24. The number of hydrogen-bond acceptors (Lipinski definition) is 5. The van der Waals surface area contributed by atoms with E-state index in [1.54, 1.807) is 23.9 Å². The predicted octanol–water partition coefficient (Wildman–Crippen LogP) is 4.31. The lowest BCUT2D eigenvalue weighted by Gasteiger charge is -2.00. The Labute approximate surface area is 114 Å². The lowest BCUT2D eigenvalue weighted by molar-refractivity contribution is 0.628. The topological polar surface area (TPSA) is 37.8 Å². The molecule has 0 amide bonds. The van der Waals surface area contributed by atoms with Crippen LogP contribution in [0.2, 0.25) is 0 Å². The second-order valence-corrected chi connectivity index (χ2v) is 6.03. The Hall–Kier alpha value is -1.14. The van der Waals surface area contributed by atoms with Gasteiger partial charge in [-0.1, -0.05) is 42.5 Å². The summed E-state index contributed by atoms with van der Waals surface area (Å²) in [6.45, 7) is 2.16. The third-order valence-corrected chi connectivity index (χ3v) is 4.26. The molecule has 1 aromatic carbocycles. The number of rotatable bonds is 6. The Morgan fingerprint density at radius 3 is 3.06 bits per heavy atom. The summed E-state index contributed by atoms with van der Waals surface area (Å²) >= 11 is 3.20. The third kappa shape index (κ3) is 3.96. The maximum absolute atomic E-state index is 13.0. The molecule has 0 bridgehead atoms. The van der Waals surface area contributed by atoms with E-state index < -0.39 is 0 Å². The first-order valence-corrected chi connectivity index (χ1v) is 7.57. The van der Waals surface area contributed by atoms with E-state index in [9.17, 15) is 4.39 Å². The van der Waals surface area contributed by atoms with Crippen LogP contribution in [0.25, 0.3) is 0 Å². The highest BCUT2D eigenvalue weighted by molar-refractivity contribution is 8.01. The normalized spacial score (nSPS) is 10.6. The van der Waals surface area contributed by atoms with E-state index >= 15 is 0 Å². The summed E-state index contributed by atoms with van der Waals surface area (Å²) in [4.78, 5) is 0. The summed E-state index contributed by atoms with van der Waals surface area (Å²) in [5, 5.41) is 11.9. The van der Waals surface area contributed by atoms with Gasteiger partial charge >= 0.3 is 0 Å². The minimum Gasteiger partial charge on any atom is -0.330 e. The zero-order valence-corrected chi connectivity index (χ0v) is 11.7. The van der Waals surface area contributed by atoms with Crippen molar-refractivity contribution >= 4 is 33.9 Å². The van der Waals surface area contributed by atoms with Crippen molar-refractivity contribution in [2.75, 3.05) is 11.1 Å². The van der Waals surface area contributed by atoms with E-state index in [1.165, 1.54) is 36.3 Å². The first-order valence-electron chi connectivity index (χ1n) is 5.77. The molecule has 6 heteroatoms. The van der Waals surface area contributed by atoms with Crippen LogP contribution in [0.1, 0.15) is 19.8 Å². The second-order valence-electron chi connectivity index (χ2n) is 3.71. The number of aromatic nitrogens is 2. The van der Waals surface area contributed by atoms with Crippen LogP contribution in [-0.4, -0.2) is 16.0 Å². The molecule has 1 N–H and O–H groups in total. The predicted molar refractivity (Wildman–Crippen MR) is 75.2 cm³/mol. The van der Waals surface area contributed by atoms with Crippen molar-refractivity contribution in [3.05, 3.63) is 30.1 Å². The van der Waals surface area contributed by atoms with Gasteiger partial charge < -0.3 is 5.32 Å². The summed E-state index contributed by atoms with van der Waals surface area (Å²) in [5.41, 5.74) is 0.691. The SMILES string of the molecule is CCCCSc1nnc(Nc2cccc(F)c2)s1. The number of halogens is 1. The summed E-state index contributed by atoms with van der Waals surface area (Å²) in [6.07, 6.45) is 2.36. The molecular formula is C12H14FN3S2. The molecule has 1 aromatic heterocycles. The van der Waals surface area contributed by atoms with Crippen LogP contribution in [0.4, 0.5) is 15.2 Å². The molecule has 2 rings (SSSR count). The summed E-state index contributed by atoms with van der Waals surface area (Å²) in [5.74, 6) is 0.799. The quantitative estimate of drug-likeness (QED) is 0.633. The summed E-state index contributed by atoms with van der Waals surface area (Å²) in [7, 11) is 0. The minimum absolute atomic E-state index is 0.262. The molecule has 0 fully saturated rings. The standard InChI is InChI=1S/C12H14FN3S2/c1-2-3-7-17-12-16-15-11(18-12)14-10-6-4-5-9(13)8-10/h4-6,8H,2-3,7H2,1H3,(H,14,15). The number of anilines is 2. The van der Waals surface area contributed by atoms with Crippen molar-refractivity contribution in [1.29, 1.82) is 0 Å². The van der Waals surface area contributed by atoms with Gasteiger partial charge in [-0.25, -0.2) is 4.39 Å². The van der Waals surface area contributed by atoms with Gasteiger partial charge in [0.2, 0.25) is 5.13 Å². The van der Waals surface area contributed by atoms with Gasteiger partial charge in [0.25, 0.3) is 0 Å². The van der Waals surface area contributed by atoms with Crippen molar-refractivity contribution < 1.29 is 4.39 Å². The molecule has 0 saturated heterocycles. The van der Waals surface area contributed by atoms with Crippen molar-refractivity contribution in [2.45, 2.75) is 24.1 Å². The van der Waals surface area contributed by atoms with Gasteiger partial charge in [0, 0.05) is 11.4 Å². The van der Waals surface area contributed by atoms with Crippen LogP contribution >= 0.6 is 23.1 Å². The maximum atomic E-state index is 13.0. The number of benzene rings is 1. The fraction of sp³-hybridized carbons (Fsp3) is 0.333. The Kier molecular flexibility index (Phi) is 4.95. The van der Waals surface area contributed by atoms with Gasteiger partial charge in [-0.2, -0.15) is 0 Å². The van der Waals surface area contributed by atoms with Gasteiger partial charge in [-0.15, -0.1) is 10.2 Å². The van der Waals surface area contributed by atoms with E-state index in [2.05, 4.69) is 22.4 Å². The van der Waals surface area contributed by atoms with Crippen LogP contribution in [-0.2, 0) is 0 Å². The molecule has 0 aliphatic rings. The third-order valence-electron chi connectivity index (χ3n) is 2.21. The zero-order valence-electron chi connectivity index (χ0n) is 10.0. The molecule has 0 radical (unpaired) electrons. The number of thioether (sulfide) groups is 1. The monoisotopic (exact) mass is 283 g/mol. The van der Waals surface area contributed by atoms with Gasteiger partial charge in [-0.3, -0.25) is 0 Å². The first kappa shape index (κ1) is 13.3. The molecule has 0 atom stereocenters. The molecule has 96 valence electrons. The molecule has 0 spiro atoms. The van der Waals surface area contributed by atoms with Crippen molar-refractivity contribution in [3.8, 4) is 0 Å². The molecule has 18 heavy (non-hydrogen) atoms. The second kappa shape index (κ2) is 6.70. The van der Waals surface area contributed by atoms with E-state index in [0.29, 0.717) is 10.8 Å². The number of hydrogen-bond donors (Lipinski definition) is 1. The fourth-order valence-electron chi connectivity index (χ4n) is 1.31. The average Bonchev–Trinajstić information content (AvgIpc) is 2.77.